The van der Waals surface area contributed by atoms with Crippen LogP contribution in [0.25, 0.3) is 0 Å². The molecule has 90 valence electrons. The zero-order valence-corrected chi connectivity index (χ0v) is 11.6. The van der Waals surface area contributed by atoms with Gasteiger partial charge in [0.15, 0.2) is 0 Å². The summed E-state index contributed by atoms with van der Waals surface area (Å²) in [7, 11) is 0. The number of pyridine rings is 1. The van der Waals surface area contributed by atoms with E-state index in [9.17, 15) is 0 Å². The lowest BCUT2D eigenvalue weighted by molar-refractivity contribution is 0.438. The molecule has 1 N–H and O–H groups in total. The van der Waals surface area contributed by atoms with Gasteiger partial charge in [-0.05, 0) is 25.0 Å². The van der Waals surface area contributed by atoms with Crippen molar-refractivity contribution in [1.82, 2.24) is 10.3 Å². The Balaban J connectivity index is 2.18. The van der Waals surface area contributed by atoms with Gasteiger partial charge in [0.05, 0.1) is 10.0 Å². The SMILES string of the molecule is CC(C)C(C)NCCSc1ccc(Cl)cn1. The summed E-state index contributed by atoms with van der Waals surface area (Å²) in [5, 5.41) is 5.21. The Morgan fingerprint density at radius 3 is 2.69 bits per heavy atom. The lowest BCUT2D eigenvalue weighted by atomic mass is 10.1. The van der Waals surface area contributed by atoms with E-state index in [0.717, 1.165) is 17.3 Å². The predicted molar refractivity (Wildman–Crippen MR) is 72.3 cm³/mol. The van der Waals surface area contributed by atoms with Crippen LogP contribution in [0.3, 0.4) is 0 Å². The smallest absolute Gasteiger partial charge is 0.0961 e. The first-order chi connectivity index (χ1) is 7.59. The molecule has 0 aliphatic heterocycles. The quantitative estimate of drug-likeness (QED) is 0.625. The van der Waals surface area contributed by atoms with Crippen molar-refractivity contribution in [3.8, 4) is 0 Å². The standard InChI is InChI=1S/C12H19ClN2S/c1-9(2)10(3)14-6-7-16-12-5-4-11(13)8-15-12/h4-5,8-10,14H,6-7H2,1-3H3. The van der Waals surface area contributed by atoms with Crippen LogP contribution in [-0.2, 0) is 0 Å². The van der Waals surface area contributed by atoms with E-state index in [0.29, 0.717) is 17.0 Å². The Morgan fingerprint density at radius 2 is 2.12 bits per heavy atom. The summed E-state index contributed by atoms with van der Waals surface area (Å²) >= 11 is 7.52. The van der Waals surface area contributed by atoms with Crippen molar-refractivity contribution in [3.05, 3.63) is 23.4 Å². The Hall–Kier alpha value is -0.250. The summed E-state index contributed by atoms with van der Waals surface area (Å²) in [4.78, 5) is 4.23. The van der Waals surface area contributed by atoms with E-state index >= 15 is 0 Å². The van der Waals surface area contributed by atoms with Gasteiger partial charge >= 0.3 is 0 Å². The molecule has 1 aromatic heterocycles. The third-order valence-electron chi connectivity index (χ3n) is 2.52. The van der Waals surface area contributed by atoms with Gasteiger partial charge in [-0.25, -0.2) is 4.98 Å². The molecule has 4 heteroatoms. The zero-order valence-electron chi connectivity index (χ0n) is 10.0. The van der Waals surface area contributed by atoms with Crippen molar-refractivity contribution in [2.24, 2.45) is 5.92 Å². The Kier molecular flexibility index (Phi) is 6.17. The number of hydrogen-bond donors (Lipinski definition) is 1. The van der Waals surface area contributed by atoms with Crippen LogP contribution in [0.4, 0.5) is 0 Å². The lowest BCUT2D eigenvalue weighted by Gasteiger charge is -2.16. The van der Waals surface area contributed by atoms with Crippen molar-refractivity contribution >= 4 is 23.4 Å². The third-order valence-corrected chi connectivity index (χ3v) is 3.69. The van der Waals surface area contributed by atoms with Gasteiger partial charge in [0, 0.05) is 24.5 Å². The fraction of sp³-hybridized carbons (Fsp3) is 0.583. The highest BCUT2D eigenvalue weighted by molar-refractivity contribution is 7.99. The Morgan fingerprint density at radius 1 is 1.38 bits per heavy atom. The molecule has 0 bridgehead atoms. The minimum absolute atomic E-state index is 0.568. The predicted octanol–water partition coefficient (Wildman–Crippen LogP) is 3.46. The number of nitrogens with one attached hydrogen (secondary N) is 1. The topological polar surface area (TPSA) is 24.9 Å². The normalized spacial score (nSPS) is 13.1. The van der Waals surface area contributed by atoms with Gasteiger partial charge in [-0.2, -0.15) is 0 Å². The number of nitrogens with zero attached hydrogens (tertiary/aromatic N) is 1. The maximum Gasteiger partial charge on any atom is 0.0961 e. The second-order valence-electron chi connectivity index (χ2n) is 4.15. The highest BCUT2D eigenvalue weighted by atomic mass is 35.5. The van der Waals surface area contributed by atoms with E-state index < -0.39 is 0 Å². The molecule has 0 aliphatic rings. The fourth-order valence-corrected chi connectivity index (χ4v) is 1.96. The van der Waals surface area contributed by atoms with E-state index in [4.69, 9.17) is 11.6 Å². The molecule has 16 heavy (non-hydrogen) atoms. The van der Waals surface area contributed by atoms with Gasteiger partial charge in [0.2, 0.25) is 0 Å². The van der Waals surface area contributed by atoms with Crippen LogP contribution in [0.15, 0.2) is 23.4 Å². The molecule has 1 aromatic rings. The summed E-state index contributed by atoms with van der Waals surface area (Å²) in [6.07, 6.45) is 1.69. The molecule has 0 amide bonds. The molecule has 1 atom stereocenters. The van der Waals surface area contributed by atoms with Crippen LogP contribution in [-0.4, -0.2) is 23.3 Å². The maximum atomic E-state index is 5.77. The number of rotatable bonds is 6. The zero-order chi connectivity index (χ0) is 12.0. The second-order valence-corrected chi connectivity index (χ2v) is 5.70. The van der Waals surface area contributed by atoms with Gasteiger partial charge < -0.3 is 5.32 Å². The molecule has 0 aromatic carbocycles. The van der Waals surface area contributed by atoms with Crippen LogP contribution >= 0.6 is 23.4 Å². The highest BCUT2D eigenvalue weighted by Gasteiger charge is 2.05. The van der Waals surface area contributed by atoms with Crippen molar-refractivity contribution in [2.45, 2.75) is 31.8 Å². The first-order valence-electron chi connectivity index (χ1n) is 5.57. The molecule has 0 saturated heterocycles. The average Bonchev–Trinajstić information content (AvgIpc) is 2.26. The van der Waals surface area contributed by atoms with Gasteiger partial charge in [-0.15, -0.1) is 11.8 Å². The average molecular weight is 259 g/mol. The van der Waals surface area contributed by atoms with Crippen LogP contribution in [0.5, 0.6) is 0 Å². The van der Waals surface area contributed by atoms with Crippen LogP contribution in [0.1, 0.15) is 20.8 Å². The third kappa shape index (κ3) is 5.19. The number of aromatic nitrogens is 1. The Labute approximate surface area is 107 Å². The van der Waals surface area contributed by atoms with Crippen LogP contribution in [0, 0.1) is 5.92 Å². The van der Waals surface area contributed by atoms with Crippen molar-refractivity contribution in [1.29, 1.82) is 0 Å². The van der Waals surface area contributed by atoms with E-state index in [1.807, 2.05) is 12.1 Å². The molecule has 1 unspecified atom stereocenters. The summed E-state index contributed by atoms with van der Waals surface area (Å²) in [5.41, 5.74) is 0. The molecular weight excluding hydrogens is 240 g/mol. The minimum atomic E-state index is 0.568. The molecule has 2 nitrogen and oxygen atoms in total. The minimum Gasteiger partial charge on any atom is -0.313 e. The molecule has 0 aliphatic carbocycles. The summed E-state index contributed by atoms with van der Waals surface area (Å²) in [6, 6.07) is 4.40. The number of hydrogen-bond acceptors (Lipinski definition) is 3. The van der Waals surface area contributed by atoms with E-state index in [1.165, 1.54) is 0 Å². The molecule has 0 radical (unpaired) electrons. The first kappa shape index (κ1) is 13.8. The molecule has 0 saturated carbocycles. The summed E-state index contributed by atoms with van der Waals surface area (Å²) < 4.78 is 0. The number of halogens is 1. The maximum absolute atomic E-state index is 5.77. The van der Waals surface area contributed by atoms with E-state index in [1.54, 1.807) is 18.0 Å². The van der Waals surface area contributed by atoms with E-state index in [-0.39, 0.29) is 0 Å². The van der Waals surface area contributed by atoms with Gasteiger partial charge in [0.1, 0.15) is 0 Å². The van der Waals surface area contributed by atoms with Gasteiger partial charge in [-0.3, -0.25) is 0 Å². The highest BCUT2D eigenvalue weighted by Crippen LogP contribution is 2.16. The Bertz CT molecular complexity index is 300. The monoisotopic (exact) mass is 258 g/mol. The first-order valence-corrected chi connectivity index (χ1v) is 6.93. The largest absolute Gasteiger partial charge is 0.313 e. The van der Waals surface area contributed by atoms with Crippen molar-refractivity contribution < 1.29 is 0 Å². The number of thioether (sulfide) groups is 1. The lowest BCUT2D eigenvalue weighted by Crippen LogP contribution is -2.32. The van der Waals surface area contributed by atoms with E-state index in [2.05, 4.69) is 31.1 Å². The molecule has 0 spiro atoms. The fourth-order valence-electron chi connectivity index (χ4n) is 1.13. The van der Waals surface area contributed by atoms with Crippen LogP contribution < -0.4 is 5.32 Å². The molecule has 0 fully saturated rings. The summed E-state index contributed by atoms with van der Waals surface area (Å²) in [5.74, 6) is 1.71. The second kappa shape index (κ2) is 7.15. The van der Waals surface area contributed by atoms with Crippen molar-refractivity contribution in [2.75, 3.05) is 12.3 Å². The van der Waals surface area contributed by atoms with Gasteiger partial charge in [-0.1, -0.05) is 25.4 Å². The van der Waals surface area contributed by atoms with Crippen molar-refractivity contribution in [3.63, 3.8) is 0 Å². The summed E-state index contributed by atoms with van der Waals surface area (Å²) in [6.45, 7) is 7.68. The van der Waals surface area contributed by atoms with Gasteiger partial charge in [0.25, 0.3) is 0 Å². The van der Waals surface area contributed by atoms with Crippen LogP contribution in [0.2, 0.25) is 5.02 Å². The molecular formula is C12H19ClN2S. The molecule has 1 heterocycles. The molecule has 1 rings (SSSR count).